The van der Waals surface area contributed by atoms with Crippen molar-refractivity contribution in [2.45, 2.75) is 341 Å². The molecule has 0 aromatic rings. The molecule has 440 valence electrons. The van der Waals surface area contributed by atoms with Gasteiger partial charge in [0.25, 0.3) is 0 Å². The van der Waals surface area contributed by atoms with Gasteiger partial charge in [-0.15, -0.1) is 0 Å². The van der Waals surface area contributed by atoms with Crippen LogP contribution in [0.3, 0.4) is 0 Å². The van der Waals surface area contributed by atoms with E-state index in [1.807, 2.05) is 0 Å². The third-order valence-corrected chi connectivity index (χ3v) is 14.4. The number of allylic oxidation sites excluding steroid dienone is 12. The summed E-state index contributed by atoms with van der Waals surface area (Å²) >= 11 is 0. The molecule has 76 heavy (non-hydrogen) atoms. The second-order valence-electron chi connectivity index (χ2n) is 22.0. The van der Waals surface area contributed by atoms with Crippen molar-refractivity contribution < 1.29 is 28.6 Å². The smallest absolute Gasteiger partial charge is 0.306 e. The van der Waals surface area contributed by atoms with Crippen molar-refractivity contribution in [3.63, 3.8) is 0 Å². The fraction of sp³-hybridized carbons (Fsp3) is 0.786. The van der Waals surface area contributed by atoms with Crippen molar-refractivity contribution in [3.05, 3.63) is 72.9 Å². The van der Waals surface area contributed by atoms with Crippen molar-refractivity contribution in [1.82, 2.24) is 0 Å². The minimum absolute atomic E-state index is 0.0761. The summed E-state index contributed by atoms with van der Waals surface area (Å²) in [7, 11) is 0. The second kappa shape index (κ2) is 64.4. The molecular weight excluding hydrogens is 937 g/mol. The molecule has 0 radical (unpaired) electrons. The van der Waals surface area contributed by atoms with Gasteiger partial charge in [0, 0.05) is 19.3 Å². The Labute approximate surface area is 472 Å². The highest BCUT2D eigenvalue weighted by atomic mass is 16.6. The Kier molecular flexibility index (Phi) is 61.7. The second-order valence-corrected chi connectivity index (χ2v) is 22.0. The van der Waals surface area contributed by atoms with E-state index in [-0.39, 0.29) is 31.1 Å². The highest BCUT2D eigenvalue weighted by molar-refractivity contribution is 5.71. The Bertz CT molecular complexity index is 1400. The van der Waals surface area contributed by atoms with Crippen LogP contribution in [0.4, 0.5) is 0 Å². The third kappa shape index (κ3) is 61.7. The van der Waals surface area contributed by atoms with Gasteiger partial charge in [-0.1, -0.05) is 299 Å². The molecule has 1 atom stereocenters. The molecule has 0 aliphatic rings. The van der Waals surface area contributed by atoms with Crippen LogP contribution in [-0.4, -0.2) is 37.2 Å². The summed E-state index contributed by atoms with van der Waals surface area (Å²) in [4.78, 5) is 38.4. The van der Waals surface area contributed by atoms with Crippen LogP contribution in [0.15, 0.2) is 72.9 Å². The van der Waals surface area contributed by atoms with Crippen LogP contribution >= 0.6 is 0 Å². The van der Waals surface area contributed by atoms with Crippen LogP contribution in [0, 0.1) is 0 Å². The maximum Gasteiger partial charge on any atom is 0.306 e. The highest BCUT2D eigenvalue weighted by Gasteiger charge is 2.19. The van der Waals surface area contributed by atoms with E-state index in [9.17, 15) is 14.4 Å². The Balaban J connectivity index is 4.37. The van der Waals surface area contributed by atoms with E-state index in [0.29, 0.717) is 19.3 Å². The zero-order valence-corrected chi connectivity index (χ0v) is 50.5. The Morgan fingerprint density at radius 1 is 0.276 bits per heavy atom. The van der Waals surface area contributed by atoms with Gasteiger partial charge in [0.15, 0.2) is 6.10 Å². The van der Waals surface area contributed by atoms with Gasteiger partial charge >= 0.3 is 17.9 Å². The molecular formula is C70H124O6. The first-order valence-electron chi connectivity index (χ1n) is 32.9. The number of ether oxygens (including phenoxy) is 3. The molecule has 0 spiro atoms. The van der Waals surface area contributed by atoms with Crippen LogP contribution in [0.1, 0.15) is 335 Å². The fourth-order valence-electron chi connectivity index (χ4n) is 9.53. The van der Waals surface area contributed by atoms with Crippen LogP contribution in [0.2, 0.25) is 0 Å². The summed E-state index contributed by atoms with van der Waals surface area (Å²) in [5.74, 6) is -0.871. The SMILES string of the molecule is CC/C=C\C/C=C\C/C=C\C/C=C\C/C=C\CCCCCCCCCC(=O)OCC(COC(=O)CCCCCCCCCCCCCCCCCC)OC(=O)CCCCCCCCCCC/C=C\CCCCCCCC. The maximum atomic E-state index is 12.9. The summed E-state index contributed by atoms with van der Waals surface area (Å²) in [5, 5.41) is 0. The number of hydrogen-bond donors (Lipinski definition) is 0. The normalized spacial score (nSPS) is 12.5. The van der Waals surface area contributed by atoms with Gasteiger partial charge in [0.05, 0.1) is 0 Å². The summed E-state index contributed by atoms with van der Waals surface area (Å²) in [6.07, 6.45) is 83.3. The molecule has 0 N–H and O–H groups in total. The Morgan fingerprint density at radius 2 is 0.513 bits per heavy atom. The van der Waals surface area contributed by atoms with Gasteiger partial charge in [-0.3, -0.25) is 14.4 Å². The molecule has 0 aliphatic carbocycles. The average molecular weight is 1060 g/mol. The number of rotatable bonds is 60. The van der Waals surface area contributed by atoms with E-state index < -0.39 is 6.10 Å². The molecule has 0 heterocycles. The molecule has 0 saturated heterocycles. The molecule has 0 aromatic carbocycles. The van der Waals surface area contributed by atoms with E-state index in [2.05, 4.69) is 93.7 Å². The molecule has 0 saturated carbocycles. The Hall–Kier alpha value is -3.15. The van der Waals surface area contributed by atoms with Gasteiger partial charge in [0.2, 0.25) is 0 Å². The first-order chi connectivity index (χ1) is 37.5. The minimum Gasteiger partial charge on any atom is -0.462 e. The molecule has 6 nitrogen and oxygen atoms in total. The summed E-state index contributed by atoms with van der Waals surface area (Å²) in [5.41, 5.74) is 0. The van der Waals surface area contributed by atoms with E-state index in [4.69, 9.17) is 14.2 Å². The van der Waals surface area contributed by atoms with Crippen molar-refractivity contribution in [2.75, 3.05) is 13.2 Å². The standard InChI is InChI=1S/C70H124O6/c1-4-7-10-13-16-19-22-25-28-31-33-34-35-36-38-39-42-45-48-51-54-57-60-63-69(72)75-66-67(65-74-68(71)62-59-56-53-50-47-44-41-30-27-24-21-18-15-12-9-6-3)76-70(73)64-61-58-55-52-49-46-43-40-37-32-29-26-23-20-17-14-11-8-5-2/h7,10,16,19,25-26,28-29,33-34,36,38,67H,4-6,8-9,11-15,17-18,20-24,27,30-32,35,37,39-66H2,1-3H3/b10-7-,19-16-,28-25-,29-26-,34-33-,38-36-. The average Bonchev–Trinajstić information content (AvgIpc) is 3.42. The lowest BCUT2D eigenvalue weighted by Gasteiger charge is -2.18. The van der Waals surface area contributed by atoms with Crippen LogP contribution in [-0.2, 0) is 28.6 Å². The first-order valence-corrected chi connectivity index (χ1v) is 32.9. The van der Waals surface area contributed by atoms with E-state index in [0.717, 1.165) is 96.3 Å². The fourth-order valence-corrected chi connectivity index (χ4v) is 9.53. The minimum atomic E-state index is -0.781. The number of carbonyl (C=O) groups excluding carboxylic acids is 3. The quantitative estimate of drug-likeness (QED) is 0.0261. The monoisotopic (exact) mass is 1060 g/mol. The number of hydrogen-bond acceptors (Lipinski definition) is 6. The van der Waals surface area contributed by atoms with Crippen molar-refractivity contribution in [2.24, 2.45) is 0 Å². The van der Waals surface area contributed by atoms with Gasteiger partial charge < -0.3 is 14.2 Å². The number of unbranched alkanes of at least 4 members (excludes halogenated alkanes) is 37. The lowest BCUT2D eigenvalue weighted by atomic mass is 10.0. The summed E-state index contributed by atoms with van der Waals surface area (Å²) < 4.78 is 17.0. The largest absolute Gasteiger partial charge is 0.462 e. The molecule has 0 aromatic heterocycles. The predicted octanol–water partition coefficient (Wildman–Crippen LogP) is 22.5. The van der Waals surface area contributed by atoms with Gasteiger partial charge in [-0.2, -0.15) is 0 Å². The summed E-state index contributed by atoms with van der Waals surface area (Å²) in [6, 6.07) is 0. The first kappa shape index (κ1) is 72.8. The number of esters is 3. The van der Waals surface area contributed by atoms with E-state index >= 15 is 0 Å². The maximum absolute atomic E-state index is 12.9. The van der Waals surface area contributed by atoms with E-state index in [1.165, 1.54) is 199 Å². The number of carbonyl (C=O) groups is 3. The lowest BCUT2D eigenvalue weighted by molar-refractivity contribution is -0.167. The van der Waals surface area contributed by atoms with E-state index in [1.54, 1.807) is 0 Å². The molecule has 0 rings (SSSR count). The van der Waals surface area contributed by atoms with Gasteiger partial charge in [-0.25, -0.2) is 0 Å². The van der Waals surface area contributed by atoms with Crippen molar-refractivity contribution >= 4 is 17.9 Å². The molecule has 0 amide bonds. The zero-order chi connectivity index (χ0) is 55.0. The third-order valence-electron chi connectivity index (χ3n) is 14.4. The van der Waals surface area contributed by atoms with Crippen LogP contribution in [0.5, 0.6) is 0 Å². The summed E-state index contributed by atoms with van der Waals surface area (Å²) in [6.45, 7) is 6.56. The highest BCUT2D eigenvalue weighted by Crippen LogP contribution is 2.17. The van der Waals surface area contributed by atoms with Crippen LogP contribution < -0.4 is 0 Å². The van der Waals surface area contributed by atoms with Crippen LogP contribution in [0.25, 0.3) is 0 Å². The molecule has 0 fully saturated rings. The molecule has 0 aliphatic heterocycles. The topological polar surface area (TPSA) is 78.9 Å². The molecule has 6 heteroatoms. The predicted molar refractivity (Wildman–Crippen MR) is 330 cm³/mol. The Morgan fingerprint density at radius 3 is 0.816 bits per heavy atom. The lowest BCUT2D eigenvalue weighted by Crippen LogP contribution is -2.30. The van der Waals surface area contributed by atoms with Gasteiger partial charge in [-0.05, 0) is 89.9 Å². The molecule has 1 unspecified atom stereocenters. The van der Waals surface area contributed by atoms with Gasteiger partial charge in [0.1, 0.15) is 13.2 Å². The molecule has 0 bridgehead atoms. The zero-order valence-electron chi connectivity index (χ0n) is 50.5. The van der Waals surface area contributed by atoms with Crippen molar-refractivity contribution in [3.8, 4) is 0 Å². The van der Waals surface area contributed by atoms with Crippen molar-refractivity contribution in [1.29, 1.82) is 0 Å².